The van der Waals surface area contributed by atoms with Crippen LogP contribution in [0.3, 0.4) is 0 Å². The first kappa shape index (κ1) is 30.7. The molecule has 0 aliphatic heterocycles. The molecule has 40 heavy (non-hydrogen) atoms. The van der Waals surface area contributed by atoms with Crippen molar-refractivity contribution in [2.75, 3.05) is 30.8 Å². The molecule has 0 spiro atoms. The molecule has 0 saturated carbocycles. The number of rotatable bonds is 14. The fraction of sp³-hybridized carbons (Fsp3) is 0.355. The zero-order valence-electron chi connectivity index (χ0n) is 23.7. The highest BCUT2D eigenvalue weighted by atomic mass is 32.2. The molecule has 1 N–H and O–H groups in total. The third kappa shape index (κ3) is 8.84. The van der Waals surface area contributed by atoms with Crippen molar-refractivity contribution >= 4 is 27.5 Å². The molecule has 3 aromatic rings. The highest BCUT2D eigenvalue weighted by molar-refractivity contribution is 7.92. The van der Waals surface area contributed by atoms with Crippen LogP contribution in [0.25, 0.3) is 0 Å². The van der Waals surface area contributed by atoms with E-state index in [0.29, 0.717) is 24.4 Å². The lowest BCUT2D eigenvalue weighted by Crippen LogP contribution is -2.50. The molecule has 0 radical (unpaired) electrons. The number of hydrogen-bond donors (Lipinski definition) is 1. The van der Waals surface area contributed by atoms with Gasteiger partial charge in [-0.05, 0) is 43.5 Å². The van der Waals surface area contributed by atoms with Gasteiger partial charge in [0.25, 0.3) is 0 Å². The molecule has 0 aliphatic rings. The van der Waals surface area contributed by atoms with Gasteiger partial charge in [-0.1, -0.05) is 66.2 Å². The van der Waals surface area contributed by atoms with Crippen LogP contribution in [0.5, 0.6) is 5.75 Å². The topological polar surface area (TPSA) is 96.0 Å². The van der Waals surface area contributed by atoms with Crippen molar-refractivity contribution in [3.05, 3.63) is 95.6 Å². The van der Waals surface area contributed by atoms with Gasteiger partial charge < -0.3 is 15.0 Å². The van der Waals surface area contributed by atoms with Crippen molar-refractivity contribution in [2.45, 2.75) is 45.7 Å². The molecule has 0 aromatic heterocycles. The van der Waals surface area contributed by atoms with Gasteiger partial charge in [0, 0.05) is 38.5 Å². The Kier molecular flexibility index (Phi) is 11.1. The number of amides is 2. The summed E-state index contributed by atoms with van der Waals surface area (Å²) in [6, 6.07) is 23.6. The second kappa shape index (κ2) is 14.5. The number of carbonyl (C=O) groups is 2. The maximum absolute atomic E-state index is 13.8. The fourth-order valence-corrected chi connectivity index (χ4v) is 5.58. The SMILES string of the molecule is CCNC(=O)[C@H](Cc1ccccc1)N(Cc1cccc(C)c1)C(=O)CCCN(c1cccc(OC)c1)S(C)(=O)=O. The second-order valence-corrected chi connectivity index (χ2v) is 11.7. The predicted octanol–water partition coefficient (Wildman–Crippen LogP) is 4.33. The van der Waals surface area contributed by atoms with E-state index in [1.54, 1.807) is 29.2 Å². The monoisotopic (exact) mass is 565 g/mol. The molecule has 1 atom stereocenters. The molecule has 0 heterocycles. The molecular weight excluding hydrogens is 526 g/mol. The van der Waals surface area contributed by atoms with Gasteiger partial charge in [0.2, 0.25) is 21.8 Å². The van der Waals surface area contributed by atoms with Crippen molar-refractivity contribution in [1.29, 1.82) is 0 Å². The first-order valence-corrected chi connectivity index (χ1v) is 15.3. The molecule has 0 saturated heterocycles. The van der Waals surface area contributed by atoms with Crippen molar-refractivity contribution in [3.8, 4) is 5.75 Å². The summed E-state index contributed by atoms with van der Waals surface area (Å²) in [5.74, 6) is 0.103. The quantitative estimate of drug-likeness (QED) is 0.314. The minimum Gasteiger partial charge on any atom is -0.497 e. The van der Waals surface area contributed by atoms with E-state index in [0.717, 1.165) is 22.9 Å². The van der Waals surface area contributed by atoms with Gasteiger partial charge in [-0.15, -0.1) is 0 Å². The summed E-state index contributed by atoms with van der Waals surface area (Å²) < 4.78 is 31.8. The standard InChI is InChI=1S/C31H39N3O5S/c1-5-32-31(36)29(21-25-13-7-6-8-14-25)33(23-26-15-9-12-24(2)20-26)30(35)18-11-19-34(40(4,37)38)27-16-10-17-28(22-27)39-3/h6-10,12-17,20,22,29H,5,11,18-19,21,23H2,1-4H3,(H,32,36)/t29-/m0/s1. The average Bonchev–Trinajstić information content (AvgIpc) is 2.93. The number of aryl methyl sites for hydroxylation is 1. The molecule has 8 nitrogen and oxygen atoms in total. The van der Waals surface area contributed by atoms with Crippen molar-refractivity contribution in [2.24, 2.45) is 0 Å². The minimum atomic E-state index is -3.60. The number of nitrogens with one attached hydrogen (secondary N) is 1. The summed E-state index contributed by atoms with van der Waals surface area (Å²) in [7, 11) is -2.08. The zero-order valence-corrected chi connectivity index (χ0v) is 24.5. The van der Waals surface area contributed by atoms with Gasteiger partial charge in [0.05, 0.1) is 19.1 Å². The molecule has 214 valence electrons. The lowest BCUT2D eigenvalue weighted by Gasteiger charge is -2.32. The Hall–Kier alpha value is -3.85. The Morgan fingerprint density at radius 3 is 2.30 bits per heavy atom. The number of ether oxygens (including phenoxy) is 1. The predicted molar refractivity (Wildman–Crippen MR) is 159 cm³/mol. The second-order valence-electron chi connectivity index (χ2n) is 9.75. The average molecular weight is 566 g/mol. The van der Waals surface area contributed by atoms with Crippen LogP contribution in [0, 0.1) is 6.92 Å². The maximum atomic E-state index is 13.8. The molecule has 0 aliphatic carbocycles. The van der Waals surface area contributed by atoms with Crippen LogP contribution < -0.4 is 14.4 Å². The van der Waals surface area contributed by atoms with E-state index in [2.05, 4.69) is 5.32 Å². The van der Waals surface area contributed by atoms with E-state index >= 15 is 0 Å². The van der Waals surface area contributed by atoms with Gasteiger partial charge in [0.1, 0.15) is 11.8 Å². The number of carbonyl (C=O) groups excluding carboxylic acids is 2. The normalized spacial score (nSPS) is 11.9. The molecule has 0 fully saturated rings. The summed E-state index contributed by atoms with van der Waals surface area (Å²) in [5, 5.41) is 2.89. The first-order chi connectivity index (χ1) is 19.1. The molecular formula is C31H39N3O5S. The number of nitrogens with zero attached hydrogens (tertiary/aromatic N) is 2. The van der Waals surface area contributed by atoms with E-state index in [1.807, 2.05) is 68.4 Å². The highest BCUT2D eigenvalue weighted by Gasteiger charge is 2.30. The van der Waals surface area contributed by atoms with Crippen LogP contribution in [0.1, 0.15) is 36.5 Å². The Labute approximate surface area is 238 Å². The highest BCUT2D eigenvalue weighted by Crippen LogP contribution is 2.24. The smallest absolute Gasteiger partial charge is 0.243 e. The van der Waals surface area contributed by atoms with Crippen LogP contribution in [-0.2, 0) is 32.6 Å². The number of benzene rings is 3. The van der Waals surface area contributed by atoms with Crippen LogP contribution >= 0.6 is 0 Å². The molecule has 0 unspecified atom stereocenters. The third-order valence-corrected chi connectivity index (χ3v) is 7.75. The van der Waals surface area contributed by atoms with E-state index in [-0.39, 0.29) is 37.7 Å². The molecule has 2 amide bonds. The third-order valence-electron chi connectivity index (χ3n) is 6.55. The van der Waals surface area contributed by atoms with Gasteiger partial charge >= 0.3 is 0 Å². The fourth-order valence-electron chi connectivity index (χ4n) is 4.62. The Morgan fingerprint density at radius 1 is 0.950 bits per heavy atom. The number of anilines is 1. The minimum absolute atomic E-state index is 0.0759. The van der Waals surface area contributed by atoms with E-state index < -0.39 is 16.1 Å². The van der Waals surface area contributed by atoms with Gasteiger partial charge in [-0.25, -0.2) is 8.42 Å². The Bertz CT molecular complexity index is 1380. The van der Waals surface area contributed by atoms with Crippen LogP contribution in [0.2, 0.25) is 0 Å². The first-order valence-electron chi connectivity index (χ1n) is 13.4. The van der Waals surface area contributed by atoms with E-state index in [4.69, 9.17) is 4.74 Å². The molecule has 3 aromatic carbocycles. The lowest BCUT2D eigenvalue weighted by atomic mass is 10.0. The summed E-state index contributed by atoms with van der Waals surface area (Å²) in [6.07, 6.45) is 1.86. The Morgan fingerprint density at radius 2 is 1.65 bits per heavy atom. The number of hydrogen-bond acceptors (Lipinski definition) is 5. The summed E-state index contributed by atoms with van der Waals surface area (Å²) >= 11 is 0. The summed E-state index contributed by atoms with van der Waals surface area (Å²) in [4.78, 5) is 28.7. The van der Waals surface area contributed by atoms with Crippen molar-refractivity contribution in [1.82, 2.24) is 10.2 Å². The van der Waals surface area contributed by atoms with Gasteiger partial charge in [0.15, 0.2) is 0 Å². The molecule has 0 bridgehead atoms. The van der Waals surface area contributed by atoms with Crippen LogP contribution in [0.15, 0.2) is 78.9 Å². The Balaban J connectivity index is 1.86. The zero-order chi connectivity index (χ0) is 29.1. The summed E-state index contributed by atoms with van der Waals surface area (Å²) in [6.45, 7) is 4.66. The summed E-state index contributed by atoms with van der Waals surface area (Å²) in [5.41, 5.74) is 3.40. The number of methoxy groups -OCH3 is 1. The molecule has 9 heteroatoms. The van der Waals surface area contributed by atoms with Crippen LogP contribution in [-0.4, -0.2) is 57.6 Å². The van der Waals surface area contributed by atoms with Gasteiger partial charge in [-0.3, -0.25) is 13.9 Å². The number of likely N-dealkylation sites (N-methyl/N-ethyl adjacent to an activating group) is 1. The van der Waals surface area contributed by atoms with E-state index in [9.17, 15) is 18.0 Å². The van der Waals surface area contributed by atoms with Crippen molar-refractivity contribution in [3.63, 3.8) is 0 Å². The van der Waals surface area contributed by atoms with Crippen LogP contribution in [0.4, 0.5) is 5.69 Å². The number of sulfonamides is 1. The lowest BCUT2D eigenvalue weighted by molar-refractivity contribution is -0.141. The van der Waals surface area contributed by atoms with Gasteiger partial charge in [-0.2, -0.15) is 0 Å². The largest absolute Gasteiger partial charge is 0.497 e. The van der Waals surface area contributed by atoms with E-state index in [1.165, 1.54) is 11.4 Å². The molecule has 3 rings (SSSR count). The van der Waals surface area contributed by atoms with Crippen molar-refractivity contribution < 1.29 is 22.7 Å². The maximum Gasteiger partial charge on any atom is 0.243 e.